The third-order valence-corrected chi connectivity index (χ3v) is 6.10. The second kappa shape index (κ2) is 6.61. The number of sulfone groups is 1. The Morgan fingerprint density at radius 3 is 2.70 bits per heavy atom. The van der Waals surface area contributed by atoms with E-state index < -0.39 is 21.6 Å². The van der Waals surface area contributed by atoms with E-state index in [1.54, 1.807) is 12.3 Å². The van der Waals surface area contributed by atoms with Crippen LogP contribution in [0.3, 0.4) is 0 Å². The molecule has 0 bridgehead atoms. The molecule has 0 amide bonds. The Bertz CT molecular complexity index is 740. The number of aryl methyl sites for hydroxylation is 1. The van der Waals surface area contributed by atoms with Gasteiger partial charge in [0.1, 0.15) is 5.40 Å². The Hall–Kier alpha value is -1.40. The third-order valence-electron chi connectivity index (χ3n) is 3.67. The summed E-state index contributed by atoms with van der Waals surface area (Å²) in [6, 6.07) is 1.63. The number of hydrogen-bond acceptors (Lipinski definition) is 5. The minimum Gasteiger partial charge on any atom is -0.380 e. The van der Waals surface area contributed by atoms with Gasteiger partial charge < -0.3 is 5.32 Å². The Morgan fingerprint density at radius 1 is 1.43 bits per heavy atom. The summed E-state index contributed by atoms with van der Waals surface area (Å²) < 4.78 is 62.3. The zero-order valence-corrected chi connectivity index (χ0v) is 13.9. The molecule has 0 saturated heterocycles. The molecule has 0 spiro atoms. The van der Waals surface area contributed by atoms with Crippen molar-refractivity contribution < 1.29 is 21.6 Å². The van der Waals surface area contributed by atoms with Gasteiger partial charge in [-0.1, -0.05) is 6.92 Å². The average molecular weight is 364 g/mol. The van der Waals surface area contributed by atoms with E-state index in [9.17, 15) is 21.6 Å². The molecule has 1 aliphatic rings. The van der Waals surface area contributed by atoms with Crippen molar-refractivity contribution in [3.05, 3.63) is 23.3 Å². The summed E-state index contributed by atoms with van der Waals surface area (Å²) >= 11 is 0.640. The molecule has 1 unspecified atom stereocenters. The lowest BCUT2D eigenvalue weighted by molar-refractivity contribution is -0.137. The first-order valence-corrected chi connectivity index (χ1v) is 9.57. The van der Waals surface area contributed by atoms with Crippen molar-refractivity contribution in [1.82, 2.24) is 0 Å². The largest absolute Gasteiger partial charge is 0.416 e. The summed E-state index contributed by atoms with van der Waals surface area (Å²) in [6.45, 7) is 1.55. The molecule has 0 aliphatic carbocycles. The van der Waals surface area contributed by atoms with Crippen LogP contribution in [0.1, 0.15) is 24.5 Å². The number of halogens is 3. The van der Waals surface area contributed by atoms with Crippen LogP contribution in [0.4, 0.5) is 18.9 Å². The standard InChI is InChI=1S/C14H15F3N2O2S2/c1-2-23(20,21)7-11-4-3-9-5-10(14(15,16)17)6-12(22-8-18)13(9)19-11/h5-6,11,19H,2-4,7H2,1H3. The van der Waals surface area contributed by atoms with Gasteiger partial charge in [-0.3, -0.25) is 0 Å². The highest BCUT2D eigenvalue weighted by Gasteiger charge is 2.34. The quantitative estimate of drug-likeness (QED) is 0.655. The molecule has 126 valence electrons. The van der Waals surface area contributed by atoms with Crippen molar-refractivity contribution in [2.45, 2.75) is 36.9 Å². The molecule has 1 aromatic carbocycles. The number of thioether (sulfide) groups is 1. The number of fused-ring (bicyclic) bond motifs is 1. The van der Waals surface area contributed by atoms with Gasteiger partial charge in [0.15, 0.2) is 9.84 Å². The predicted octanol–water partition coefficient (Wildman–Crippen LogP) is 3.44. The Kier molecular flexibility index (Phi) is 5.16. The van der Waals surface area contributed by atoms with Crippen molar-refractivity contribution >= 4 is 27.3 Å². The topological polar surface area (TPSA) is 70.0 Å². The van der Waals surface area contributed by atoms with Crippen molar-refractivity contribution in [2.75, 3.05) is 16.8 Å². The summed E-state index contributed by atoms with van der Waals surface area (Å²) in [6.07, 6.45) is -3.71. The molecule has 0 saturated carbocycles. The van der Waals surface area contributed by atoms with Crippen LogP contribution in [-0.2, 0) is 22.4 Å². The maximum Gasteiger partial charge on any atom is 0.416 e. The van der Waals surface area contributed by atoms with E-state index in [-0.39, 0.29) is 22.4 Å². The summed E-state index contributed by atoms with van der Waals surface area (Å²) in [5, 5.41) is 13.6. The average Bonchev–Trinajstić information content (AvgIpc) is 2.46. The summed E-state index contributed by atoms with van der Waals surface area (Å²) in [5.74, 6) is -0.0501. The molecule has 1 N–H and O–H groups in total. The molecular weight excluding hydrogens is 349 g/mol. The van der Waals surface area contributed by atoms with Crippen LogP contribution >= 0.6 is 11.8 Å². The normalized spacial score (nSPS) is 18.0. The molecule has 4 nitrogen and oxygen atoms in total. The number of alkyl halides is 3. The molecule has 1 aromatic rings. The summed E-state index contributed by atoms with van der Waals surface area (Å²) in [5.41, 5.74) is 0.102. The monoisotopic (exact) mass is 364 g/mol. The zero-order valence-electron chi connectivity index (χ0n) is 12.3. The minimum absolute atomic E-state index is 0.0187. The van der Waals surface area contributed by atoms with Crippen LogP contribution in [0.15, 0.2) is 17.0 Å². The second-order valence-electron chi connectivity index (χ2n) is 5.28. The first-order valence-electron chi connectivity index (χ1n) is 6.93. The highest BCUT2D eigenvalue weighted by molar-refractivity contribution is 8.03. The van der Waals surface area contributed by atoms with Crippen LogP contribution in [0, 0.1) is 10.7 Å². The van der Waals surface area contributed by atoms with Gasteiger partial charge in [0.05, 0.1) is 17.0 Å². The molecule has 0 radical (unpaired) electrons. The van der Waals surface area contributed by atoms with E-state index in [4.69, 9.17) is 5.26 Å². The fourth-order valence-electron chi connectivity index (χ4n) is 2.48. The van der Waals surface area contributed by atoms with E-state index in [1.807, 2.05) is 0 Å². The highest BCUT2D eigenvalue weighted by atomic mass is 32.2. The predicted molar refractivity (Wildman–Crippen MR) is 83.0 cm³/mol. The van der Waals surface area contributed by atoms with E-state index in [2.05, 4.69) is 5.32 Å². The van der Waals surface area contributed by atoms with E-state index in [1.165, 1.54) is 0 Å². The molecule has 1 aliphatic heterocycles. The van der Waals surface area contributed by atoms with Gasteiger partial charge in [-0.15, -0.1) is 0 Å². The fraction of sp³-hybridized carbons (Fsp3) is 0.500. The first-order chi connectivity index (χ1) is 10.7. The van der Waals surface area contributed by atoms with Crippen LogP contribution in [-0.4, -0.2) is 26.0 Å². The lowest BCUT2D eigenvalue weighted by atomic mass is 9.97. The molecule has 0 fully saturated rings. The Labute approximate surface area is 137 Å². The zero-order chi connectivity index (χ0) is 17.3. The summed E-state index contributed by atoms with van der Waals surface area (Å²) in [4.78, 5) is 0.177. The number of nitriles is 1. The number of hydrogen-bond donors (Lipinski definition) is 1. The van der Waals surface area contributed by atoms with Gasteiger partial charge in [-0.05, 0) is 42.3 Å². The van der Waals surface area contributed by atoms with Crippen molar-refractivity contribution in [3.8, 4) is 5.40 Å². The van der Waals surface area contributed by atoms with Crippen LogP contribution in [0.25, 0.3) is 0 Å². The molecular formula is C14H15F3N2O2S2. The van der Waals surface area contributed by atoms with Crippen LogP contribution in [0.2, 0.25) is 0 Å². The third kappa shape index (κ3) is 4.32. The van der Waals surface area contributed by atoms with E-state index >= 15 is 0 Å². The van der Waals surface area contributed by atoms with E-state index in [0.29, 0.717) is 35.9 Å². The summed E-state index contributed by atoms with van der Waals surface area (Å²) in [7, 11) is -3.19. The number of thiocyanates is 1. The highest BCUT2D eigenvalue weighted by Crippen LogP contribution is 2.40. The second-order valence-corrected chi connectivity index (χ2v) is 8.50. The van der Waals surface area contributed by atoms with Crippen molar-refractivity contribution in [1.29, 1.82) is 5.26 Å². The van der Waals surface area contributed by atoms with Crippen LogP contribution < -0.4 is 5.32 Å². The molecule has 1 atom stereocenters. The van der Waals surface area contributed by atoms with Gasteiger partial charge >= 0.3 is 6.18 Å². The molecule has 9 heteroatoms. The van der Waals surface area contributed by atoms with Gasteiger partial charge in [0, 0.05) is 16.7 Å². The van der Waals surface area contributed by atoms with Crippen molar-refractivity contribution in [2.24, 2.45) is 0 Å². The molecule has 23 heavy (non-hydrogen) atoms. The maximum atomic E-state index is 12.9. The fourth-order valence-corrected chi connectivity index (χ4v) is 4.16. The Morgan fingerprint density at radius 2 is 2.13 bits per heavy atom. The maximum absolute atomic E-state index is 12.9. The number of anilines is 1. The first kappa shape index (κ1) is 17.9. The van der Waals surface area contributed by atoms with Gasteiger partial charge in [0.25, 0.3) is 0 Å². The minimum atomic E-state index is -4.48. The number of rotatable bonds is 4. The van der Waals surface area contributed by atoms with E-state index in [0.717, 1.165) is 12.1 Å². The number of nitrogens with one attached hydrogen (secondary N) is 1. The molecule has 2 rings (SSSR count). The van der Waals surface area contributed by atoms with Crippen molar-refractivity contribution in [3.63, 3.8) is 0 Å². The molecule has 1 heterocycles. The van der Waals surface area contributed by atoms with Gasteiger partial charge in [-0.2, -0.15) is 18.4 Å². The van der Waals surface area contributed by atoms with Gasteiger partial charge in [-0.25, -0.2) is 8.42 Å². The molecule has 0 aromatic heterocycles. The Balaban J connectivity index is 2.37. The lowest BCUT2D eigenvalue weighted by Gasteiger charge is -2.29. The number of benzene rings is 1. The lowest BCUT2D eigenvalue weighted by Crippen LogP contribution is -2.33. The number of nitrogens with zero attached hydrogens (tertiary/aromatic N) is 1. The van der Waals surface area contributed by atoms with Gasteiger partial charge in [0.2, 0.25) is 0 Å². The van der Waals surface area contributed by atoms with Crippen LogP contribution in [0.5, 0.6) is 0 Å². The smallest absolute Gasteiger partial charge is 0.380 e. The SMILES string of the molecule is CCS(=O)(=O)CC1CCc2cc(C(F)(F)F)cc(SC#N)c2N1.